The molecule has 0 spiro atoms. The number of hydrogen-bond donors (Lipinski definition) is 4. The SMILES string of the molecule is COC1=C(NCCS(=O)(=O)O)C[C@@](O)(CO)CC1=O. The first-order valence-electron chi connectivity index (χ1n) is 5.53. The number of nitrogens with one attached hydrogen (secondary N) is 1. The van der Waals surface area contributed by atoms with Crippen LogP contribution in [0.2, 0.25) is 0 Å². The van der Waals surface area contributed by atoms with Gasteiger partial charge in [0, 0.05) is 19.4 Å². The maximum atomic E-state index is 11.7. The number of hydrogen-bond acceptors (Lipinski definition) is 7. The van der Waals surface area contributed by atoms with Crippen LogP contribution in [0.25, 0.3) is 0 Å². The number of methoxy groups -OCH3 is 1. The van der Waals surface area contributed by atoms with Gasteiger partial charge in [-0.3, -0.25) is 9.35 Å². The monoisotopic (exact) mass is 295 g/mol. The molecular weight excluding hydrogens is 278 g/mol. The summed E-state index contributed by atoms with van der Waals surface area (Å²) in [5.74, 6) is -1.03. The van der Waals surface area contributed by atoms with E-state index in [4.69, 9.17) is 14.4 Å². The molecule has 4 N–H and O–H groups in total. The van der Waals surface area contributed by atoms with Crippen molar-refractivity contribution >= 4 is 15.9 Å². The van der Waals surface area contributed by atoms with Crippen molar-refractivity contribution in [2.75, 3.05) is 26.0 Å². The Kier molecular flexibility index (Phi) is 4.91. The predicted molar refractivity (Wildman–Crippen MR) is 64.7 cm³/mol. The smallest absolute Gasteiger partial charge is 0.266 e. The average molecular weight is 295 g/mol. The Morgan fingerprint density at radius 2 is 2.05 bits per heavy atom. The Hall–Kier alpha value is -1.16. The van der Waals surface area contributed by atoms with E-state index in [0.717, 1.165) is 0 Å². The lowest BCUT2D eigenvalue weighted by Gasteiger charge is -2.32. The molecule has 1 rings (SSSR count). The minimum absolute atomic E-state index is 0.00605. The summed E-state index contributed by atoms with van der Waals surface area (Å²) in [5, 5.41) is 21.6. The topological polar surface area (TPSA) is 133 Å². The highest BCUT2D eigenvalue weighted by molar-refractivity contribution is 7.85. The van der Waals surface area contributed by atoms with Crippen molar-refractivity contribution in [3.8, 4) is 0 Å². The van der Waals surface area contributed by atoms with Gasteiger partial charge in [0.15, 0.2) is 5.76 Å². The molecule has 0 saturated heterocycles. The Morgan fingerprint density at radius 1 is 1.42 bits per heavy atom. The molecule has 1 atom stereocenters. The molecule has 0 aromatic heterocycles. The third kappa shape index (κ3) is 4.46. The number of aliphatic hydroxyl groups excluding tert-OH is 1. The zero-order valence-corrected chi connectivity index (χ0v) is 11.2. The summed E-state index contributed by atoms with van der Waals surface area (Å²) in [6.07, 6.45) is -0.333. The second-order valence-corrected chi connectivity index (χ2v) is 5.96. The van der Waals surface area contributed by atoms with Crippen LogP contribution in [0.3, 0.4) is 0 Å². The molecule has 0 radical (unpaired) electrons. The quantitative estimate of drug-likeness (QED) is 0.431. The first kappa shape index (κ1) is 15.9. The molecule has 110 valence electrons. The molecular formula is C10H17NO7S. The van der Waals surface area contributed by atoms with Gasteiger partial charge in [-0.2, -0.15) is 8.42 Å². The highest BCUT2D eigenvalue weighted by Gasteiger charge is 2.38. The molecule has 1 aliphatic carbocycles. The van der Waals surface area contributed by atoms with Gasteiger partial charge < -0.3 is 20.3 Å². The number of aliphatic hydroxyl groups is 2. The molecule has 0 aromatic carbocycles. The van der Waals surface area contributed by atoms with E-state index in [2.05, 4.69) is 5.32 Å². The van der Waals surface area contributed by atoms with Crippen LogP contribution >= 0.6 is 0 Å². The lowest BCUT2D eigenvalue weighted by Crippen LogP contribution is -2.43. The van der Waals surface area contributed by atoms with Crippen LogP contribution in [0, 0.1) is 0 Å². The summed E-state index contributed by atoms with van der Waals surface area (Å²) < 4.78 is 34.7. The largest absolute Gasteiger partial charge is 0.491 e. The maximum absolute atomic E-state index is 11.7. The zero-order chi connectivity index (χ0) is 14.7. The molecule has 0 fully saturated rings. The van der Waals surface area contributed by atoms with Crippen molar-refractivity contribution in [3.63, 3.8) is 0 Å². The van der Waals surface area contributed by atoms with Crippen molar-refractivity contribution < 1.29 is 32.7 Å². The second-order valence-electron chi connectivity index (χ2n) is 4.38. The van der Waals surface area contributed by atoms with E-state index in [-0.39, 0.29) is 30.8 Å². The highest BCUT2D eigenvalue weighted by Crippen LogP contribution is 2.29. The summed E-state index contributed by atoms with van der Waals surface area (Å²) in [6, 6.07) is 0. The molecule has 0 bridgehead atoms. The van der Waals surface area contributed by atoms with Gasteiger partial charge in [-0.25, -0.2) is 0 Å². The van der Waals surface area contributed by atoms with Crippen LogP contribution in [0.1, 0.15) is 12.8 Å². The van der Waals surface area contributed by atoms with Crippen molar-refractivity contribution in [1.82, 2.24) is 5.32 Å². The minimum Gasteiger partial charge on any atom is -0.491 e. The molecule has 0 amide bonds. The Morgan fingerprint density at radius 3 is 2.53 bits per heavy atom. The summed E-state index contributed by atoms with van der Waals surface area (Å²) in [4.78, 5) is 11.7. The molecule has 9 heteroatoms. The maximum Gasteiger partial charge on any atom is 0.266 e. The zero-order valence-electron chi connectivity index (χ0n) is 10.4. The molecule has 1 aliphatic rings. The van der Waals surface area contributed by atoms with Gasteiger partial charge in [-0.1, -0.05) is 0 Å². The van der Waals surface area contributed by atoms with Crippen LogP contribution in [-0.2, 0) is 19.6 Å². The Balaban J connectivity index is 2.83. The number of rotatable bonds is 6. The fraction of sp³-hybridized carbons (Fsp3) is 0.700. The molecule has 0 aromatic rings. The van der Waals surface area contributed by atoms with Crippen LogP contribution in [0.15, 0.2) is 11.5 Å². The standard InChI is InChI=1S/C10H17NO7S/c1-18-9-7(11-2-3-19(15,16)17)4-10(14,6-12)5-8(9)13/h11-12,14H,2-6H2,1H3,(H,15,16,17)/t10-/m0/s1. The summed E-state index contributed by atoms with van der Waals surface area (Å²) >= 11 is 0. The Labute approximate surface area is 110 Å². The fourth-order valence-corrected chi connectivity index (χ4v) is 2.20. The number of ether oxygens (including phenoxy) is 1. The van der Waals surface area contributed by atoms with Crippen LogP contribution in [0.4, 0.5) is 0 Å². The first-order valence-corrected chi connectivity index (χ1v) is 7.14. The van der Waals surface area contributed by atoms with E-state index in [1.54, 1.807) is 0 Å². The number of carbonyl (C=O) groups excluding carboxylic acids is 1. The molecule has 0 aliphatic heterocycles. The lowest BCUT2D eigenvalue weighted by atomic mass is 9.86. The molecule has 0 unspecified atom stereocenters. The second kappa shape index (κ2) is 5.87. The van der Waals surface area contributed by atoms with E-state index in [1.165, 1.54) is 7.11 Å². The van der Waals surface area contributed by atoms with Crippen LogP contribution in [-0.4, -0.2) is 60.6 Å². The fourth-order valence-electron chi connectivity index (χ4n) is 1.84. The average Bonchev–Trinajstić information content (AvgIpc) is 2.27. The van der Waals surface area contributed by atoms with Crippen molar-refractivity contribution in [1.29, 1.82) is 0 Å². The van der Waals surface area contributed by atoms with E-state index < -0.39 is 33.9 Å². The van der Waals surface area contributed by atoms with E-state index in [0.29, 0.717) is 0 Å². The summed E-state index contributed by atoms with van der Waals surface area (Å²) in [6.45, 7) is -0.741. The predicted octanol–water partition coefficient (Wildman–Crippen LogP) is -1.59. The van der Waals surface area contributed by atoms with Crippen molar-refractivity contribution in [3.05, 3.63) is 11.5 Å². The Bertz CT molecular complexity index is 484. The third-order valence-electron chi connectivity index (χ3n) is 2.72. The van der Waals surface area contributed by atoms with Gasteiger partial charge in [-0.15, -0.1) is 0 Å². The summed E-state index contributed by atoms with van der Waals surface area (Å²) in [7, 11) is -2.84. The first-order chi connectivity index (χ1) is 8.71. The number of allylic oxidation sites excluding steroid dienone is 1. The van der Waals surface area contributed by atoms with E-state index in [1.807, 2.05) is 0 Å². The molecule has 8 nitrogen and oxygen atoms in total. The summed E-state index contributed by atoms with van der Waals surface area (Å²) in [5.41, 5.74) is -1.38. The number of Topliss-reactive ketones (excluding diaryl/α,β-unsaturated/α-hetero) is 1. The van der Waals surface area contributed by atoms with E-state index in [9.17, 15) is 18.3 Å². The van der Waals surface area contributed by atoms with Crippen LogP contribution < -0.4 is 5.32 Å². The molecule has 0 saturated carbocycles. The minimum atomic E-state index is -4.12. The van der Waals surface area contributed by atoms with Gasteiger partial charge in [0.25, 0.3) is 10.1 Å². The third-order valence-corrected chi connectivity index (χ3v) is 3.44. The van der Waals surface area contributed by atoms with Gasteiger partial charge in [0.1, 0.15) is 5.60 Å². The lowest BCUT2D eigenvalue weighted by molar-refractivity contribution is -0.127. The van der Waals surface area contributed by atoms with Gasteiger partial charge in [0.2, 0.25) is 5.78 Å². The van der Waals surface area contributed by atoms with Crippen molar-refractivity contribution in [2.45, 2.75) is 18.4 Å². The highest BCUT2D eigenvalue weighted by atomic mass is 32.2. The van der Waals surface area contributed by atoms with Gasteiger partial charge in [-0.05, 0) is 0 Å². The van der Waals surface area contributed by atoms with E-state index >= 15 is 0 Å². The molecule has 19 heavy (non-hydrogen) atoms. The van der Waals surface area contributed by atoms with Crippen LogP contribution in [0.5, 0.6) is 0 Å². The number of carbonyl (C=O) groups is 1. The normalized spacial score (nSPS) is 24.5. The molecule has 0 heterocycles. The van der Waals surface area contributed by atoms with Gasteiger partial charge in [0.05, 0.1) is 25.2 Å². The van der Waals surface area contributed by atoms with Gasteiger partial charge >= 0.3 is 0 Å². The number of ketones is 1. The van der Waals surface area contributed by atoms with Crippen molar-refractivity contribution in [2.24, 2.45) is 0 Å².